The molecule has 4 heteroatoms. The smallest absolute Gasteiger partial charge is 0.0959 e. The van der Waals surface area contributed by atoms with Crippen LogP contribution in [0.2, 0.25) is 0 Å². The van der Waals surface area contributed by atoms with Crippen molar-refractivity contribution < 1.29 is 5.11 Å². The third kappa shape index (κ3) is 2.98. The SMILES string of the molecule is OC12CCCCC1CN(Cc1cnc(C3CCCC3)s1)CC2. The largest absolute Gasteiger partial charge is 0.390 e. The van der Waals surface area contributed by atoms with Gasteiger partial charge in [-0.15, -0.1) is 11.3 Å². The van der Waals surface area contributed by atoms with Crippen molar-refractivity contribution in [2.24, 2.45) is 5.92 Å². The Morgan fingerprint density at radius 2 is 2.00 bits per heavy atom. The first-order valence-electron chi connectivity index (χ1n) is 9.12. The predicted octanol–water partition coefficient (Wildman–Crippen LogP) is 3.93. The highest BCUT2D eigenvalue weighted by molar-refractivity contribution is 7.11. The van der Waals surface area contributed by atoms with Crippen LogP contribution in [-0.2, 0) is 6.54 Å². The number of rotatable bonds is 3. The Kier molecular flexibility index (Phi) is 4.27. The van der Waals surface area contributed by atoms with Crippen LogP contribution in [0.1, 0.15) is 73.6 Å². The van der Waals surface area contributed by atoms with Gasteiger partial charge in [-0.1, -0.05) is 25.7 Å². The molecule has 1 aromatic heterocycles. The minimum atomic E-state index is -0.350. The van der Waals surface area contributed by atoms with Crippen molar-refractivity contribution >= 4 is 11.3 Å². The average Bonchev–Trinajstić information content (AvgIpc) is 3.18. The van der Waals surface area contributed by atoms with Gasteiger partial charge in [0.05, 0.1) is 10.6 Å². The number of thiazole rings is 1. The molecule has 2 heterocycles. The lowest BCUT2D eigenvalue weighted by atomic mass is 9.71. The van der Waals surface area contributed by atoms with Gasteiger partial charge in [0.15, 0.2) is 0 Å². The van der Waals surface area contributed by atoms with E-state index in [2.05, 4.69) is 11.1 Å². The Morgan fingerprint density at radius 3 is 2.86 bits per heavy atom. The summed E-state index contributed by atoms with van der Waals surface area (Å²) in [6, 6.07) is 0. The van der Waals surface area contributed by atoms with Crippen molar-refractivity contribution in [1.29, 1.82) is 0 Å². The molecular formula is C18H28N2OS. The fourth-order valence-electron chi connectivity index (χ4n) is 4.76. The molecule has 2 aliphatic carbocycles. The Morgan fingerprint density at radius 1 is 1.18 bits per heavy atom. The summed E-state index contributed by atoms with van der Waals surface area (Å²) in [6.07, 6.45) is 13.3. The molecule has 22 heavy (non-hydrogen) atoms. The summed E-state index contributed by atoms with van der Waals surface area (Å²) >= 11 is 1.94. The van der Waals surface area contributed by atoms with Crippen molar-refractivity contribution in [3.8, 4) is 0 Å². The molecule has 1 aliphatic heterocycles. The number of piperidine rings is 1. The molecule has 1 N–H and O–H groups in total. The summed E-state index contributed by atoms with van der Waals surface area (Å²) in [6.45, 7) is 3.16. The molecular weight excluding hydrogens is 292 g/mol. The lowest BCUT2D eigenvalue weighted by Gasteiger charge is -2.47. The maximum Gasteiger partial charge on any atom is 0.0959 e. The van der Waals surface area contributed by atoms with E-state index < -0.39 is 0 Å². The van der Waals surface area contributed by atoms with Crippen LogP contribution in [0.25, 0.3) is 0 Å². The summed E-state index contributed by atoms with van der Waals surface area (Å²) in [5.74, 6) is 1.24. The van der Waals surface area contributed by atoms with Crippen LogP contribution in [0.4, 0.5) is 0 Å². The fraction of sp³-hybridized carbons (Fsp3) is 0.833. The topological polar surface area (TPSA) is 36.4 Å². The van der Waals surface area contributed by atoms with Crippen LogP contribution < -0.4 is 0 Å². The van der Waals surface area contributed by atoms with E-state index in [0.29, 0.717) is 5.92 Å². The van der Waals surface area contributed by atoms with E-state index in [1.54, 1.807) is 0 Å². The molecule has 2 saturated carbocycles. The molecule has 2 atom stereocenters. The Balaban J connectivity index is 1.37. The highest BCUT2D eigenvalue weighted by Gasteiger charge is 2.42. The molecule has 1 aromatic rings. The normalized spacial score (nSPS) is 34.0. The van der Waals surface area contributed by atoms with Gasteiger partial charge in [-0.05, 0) is 32.1 Å². The molecule has 0 spiro atoms. The number of nitrogens with zero attached hydrogens (tertiary/aromatic N) is 2. The van der Waals surface area contributed by atoms with Gasteiger partial charge >= 0.3 is 0 Å². The van der Waals surface area contributed by atoms with Gasteiger partial charge in [-0.25, -0.2) is 4.98 Å². The number of hydrogen-bond acceptors (Lipinski definition) is 4. The minimum Gasteiger partial charge on any atom is -0.390 e. The molecule has 4 rings (SSSR count). The van der Waals surface area contributed by atoms with E-state index in [1.807, 2.05) is 11.3 Å². The van der Waals surface area contributed by atoms with E-state index in [9.17, 15) is 5.11 Å². The zero-order valence-corrected chi connectivity index (χ0v) is 14.3. The molecule has 122 valence electrons. The first kappa shape index (κ1) is 15.1. The predicted molar refractivity (Wildman–Crippen MR) is 90.1 cm³/mol. The lowest BCUT2D eigenvalue weighted by molar-refractivity contribution is -0.0966. The maximum absolute atomic E-state index is 10.8. The molecule has 0 aromatic carbocycles. The summed E-state index contributed by atoms with van der Waals surface area (Å²) in [7, 11) is 0. The first-order valence-corrected chi connectivity index (χ1v) is 9.94. The molecule has 1 saturated heterocycles. The number of aliphatic hydroxyl groups is 1. The van der Waals surface area contributed by atoms with Gasteiger partial charge in [0.25, 0.3) is 0 Å². The van der Waals surface area contributed by atoms with Crippen molar-refractivity contribution in [2.75, 3.05) is 13.1 Å². The fourth-order valence-corrected chi connectivity index (χ4v) is 5.89. The van der Waals surface area contributed by atoms with Crippen molar-refractivity contribution in [1.82, 2.24) is 9.88 Å². The van der Waals surface area contributed by atoms with E-state index in [0.717, 1.165) is 38.4 Å². The number of hydrogen-bond donors (Lipinski definition) is 1. The Hall–Kier alpha value is -0.450. The van der Waals surface area contributed by atoms with Crippen molar-refractivity contribution in [3.63, 3.8) is 0 Å². The van der Waals surface area contributed by atoms with Crippen LogP contribution in [-0.4, -0.2) is 33.7 Å². The molecule has 3 nitrogen and oxygen atoms in total. The van der Waals surface area contributed by atoms with Gasteiger partial charge in [0, 0.05) is 42.5 Å². The second-order valence-electron chi connectivity index (χ2n) is 7.68. The van der Waals surface area contributed by atoms with E-state index in [1.165, 1.54) is 54.8 Å². The monoisotopic (exact) mass is 320 g/mol. The van der Waals surface area contributed by atoms with Gasteiger partial charge in [-0.2, -0.15) is 0 Å². The lowest BCUT2D eigenvalue weighted by Crippen LogP contribution is -2.52. The first-order chi connectivity index (χ1) is 10.7. The molecule has 0 bridgehead atoms. The molecule has 2 unspecified atom stereocenters. The van der Waals surface area contributed by atoms with Crippen LogP contribution in [0, 0.1) is 5.92 Å². The molecule has 0 amide bonds. The standard InChI is InChI=1S/C18H28N2OS/c21-18-8-4-3-7-15(18)12-20(10-9-18)13-16-11-19-17(22-16)14-5-1-2-6-14/h11,14-15,21H,1-10,12-13H2. The number of fused-ring (bicyclic) bond motifs is 1. The van der Waals surface area contributed by atoms with Gasteiger partial charge < -0.3 is 5.11 Å². The third-order valence-electron chi connectivity index (χ3n) is 6.17. The van der Waals surface area contributed by atoms with Gasteiger partial charge in [0.2, 0.25) is 0 Å². The summed E-state index contributed by atoms with van der Waals surface area (Å²) in [5.41, 5.74) is -0.350. The summed E-state index contributed by atoms with van der Waals surface area (Å²) in [4.78, 5) is 8.67. The van der Waals surface area contributed by atoms with E-state index >= 15 is 0 Å². The van der Waals surface area contributed by atoms with E-state index in [4.69, 9.17) is 4.98 Å². The quantitative estimate of drug-likeness (QED) is 0.917. The highest BCUT2D eigenvalue weighted by atomic mass is 32.1. The molecule has 0 radical (unpaired) electrons. The second kappa shape index (κ2) is 6.21. The summed E-state index contributed by atoms with van der Waals surface area (Å²) in [5, 5.41) is 12.2. The molecule has 3 aliphatic rings. The summed E-state index contributed by atoms with van der Waals surface area (Å²) < 4.78 is 0. The second-order valence-corrected chi connectivity index (χ2v) is 8.82. The van der Waals surface area contributed by atoms with E-state index in [-0.39, 0.29) is 5.60 Å². The Bertz CT molecular complexity index is 511. The number of aromatic nitrogens is 1. The number of likely N-dealkylation sites (tertiary alicyclic amines) is 1. The highest BCUT2D eigenvalue weighted by Crippen LogP contribution is 2.41. The zero-order valence-electron chi connectivity index (χ0n) is 13.5. The van der Waals surface area contributed by atoms with Crippen molar-refractivity contribution in [3.05, 3.63) is 16.1 Å². The van der Waals surface area contributed by atoms with Crippen LogP contribution in [0.5, 0.6) is 0 Å². The van der Waals surface area contributed by atoms with Crippen LogP contribution in [0.3, 0.4) is 0 Å². The van der Waals surface area contributed by atoms with Crippen LogP contribution in [0.15, 0.2) is 6.20 Å². The van der Waals surface area contributed by atoms with Gasteiger partial charge in [0.1, 0.15) is 0 Å². The van der Waals surface area contributed by atoms with Gasteiger partial charge in [-0.3, -0.25) is 4.90 Å². The zero-order chi connectivity index (χ0) is 15.0. The molecule has 3 fully saturated rings. The Labute approximate surface area is 137 Å². The maximum atomic E-state index is 10.8. The average molecular weight is 321 g/mol. The van der Waals surface area contributed by atoms with Crippen LogP contribution >= 0.6 is 11.3 Å². The van der Waals surface area contributed by atoms with Crippen molar-refractivity contribution in [2.45, 2.75) is 75.9 Å². The minimum absolute atomic E-state index is 0.350. The third-order valence-corrected chi connectivity index (χ3v) is 7.31.